The molecule has 1 fully saturated rings. The molecule has 0 saturated carbocycles. The van der Waals surface area contributed by atoms with Crippen LogP contribution in [0.4, 0.5) is 5.69 Å². The molecule has 2 rings (SSSR count). The molecule has 1 aliphatic heterocycles. The minimum Gasteiger partial charge on any atom is -0.391 e. The molecular formula is C12H14N2O4. The number of benzene rings is 1. The average Bonchev–Trinajstić information content (AvgIpc) is 2.74. The third-order valence-electron chi connectivity index (χ3n) is 3.10. The summed E-state index contributed by atoms with van der Waals surface area (Å²) >= 11 is 0. The van der Waals surface area contributed by atoms with E-state index in [0.717, 1.165) is 0 Å². The number of nitrogens with zero attached hydrogens (tertiary/aromatic N) is 2. The second-order valence-corrected chi connectivity index (χ2v) is 4.45. The predicted molar refractivity (Wildman–Crippen MR) is 64.4 cm³/mol. The van der Waals surface area contributed by atoms with Gasteiger partial charge in [-0.1, -0.05) is 0 Å². The largest absolute Gasteiger partial charge is 0.391 e. The van der Waals surface area contributed by atoms with E-state index in [1.165, 1.54) is 18.2 Å². The number of carbonyl (C=O) groups is 1. The van der Waals surface area contributed by atoms with Crippen LogP contribution in [0.25, 0.3) is 0 Å². The zero-order valence-electron chi connectivity index (χ0n) is 10.00. The van der Waals surface area contributed by atoms with Crippen molar-refractivity contribution in [1.82, 2.24) is 4.90 Å². The second-order valence-electron chi connectivity index (χ2n) is 4.45. The van der Waals surface area contributed by atoms with Crippen LogP contribution in [0.2, 0.25) is 0 Å². The second kappa shape index (κ2) is 4.73. The van der Waals surface area contributed by atoms with E-state index < -0.39 is 11.0 Å². The van der Waals surface area contributed by atoms with Crippen LogP contribution in [0.1, 0.15) is 22.3 Å². The standard InChI is InChI=1S/C12H14N2O4/c1-8-6-9(14(17)18)2-3-11(8)12(16)13-5-4-10(15)7-13/h2-3,6,10,15H,4-5,7H2,1H3. The minimum atomic E-state index is -0.485. The van der Waals surface area contributed by atoms with Gasteiger partial charge in [-0.2, -0.15) is 0 Å². The fourth-order valence-corrected chi connectivity index (χ4v) is 2.10. The van der Waals surface area contributed by atoms with Gasteiger partial charge >= 0.3 is 0 Å². The molecule has 0 radical (unpaired) electrons. The fraction of sp³-hybridized carbons (Fsp3) is 0.417. The smallest absolute Gasteiger partial charge is 0.269 e. The molecule has 6 heteroatoms. The molecule has 6 nitrogen and oxygen atoms in total. The van der Waals surface area contributed by atoms with Crippen LogP contribution < -0.4 is 0 Å². The van der Waals surface area contributed by atoms with Crippen molar-refractivity contribution in [1.29, 1.82) is 0 Å². The van der Waals surface area contributed by atoms with E-state index in [0.29, 0.717) is 30.6 Å². The Labute approximate surface area is 104 Å². The van der Waals surface area contributed by atoms with Crippen molar-refractivity contribution in [2.45, 2.75) is 19.4 Å². The lowest BCUT2D eigenvalue weighted by Crippen LogP contribution is -2.30. The zero-order valence-corrected chi connectivity index (χ0v) is 10.00. The summed E-state index contributed by atoms with van der Waals surface area (Å²) in [6.45, 7) is 2.53. The van der Waals surface area contributed by atoms with Crippen molar-refractivity contribution in [2.75, 3.05) is 13.1 Å². The van der Waals surface area contributed by atoms with Crippen LogP contribution in [0.5, 0.6) is 0 Å². The maximum absolute atomic E-state index is 12.1. The van der Waals surface area contributed by atoms with Crippen molar-refractivity contribution >= 4 is 11.6 Å². The Morgan fingerprint density at radius 2 is 2.28 bits per heavy atom. The Morgan fingerprint density at radius 3 is 2.78 bits per heavy atom. The van der Waals surface area contributed by atoms with E-state index in [1.54, 1.807) is 11.8 Å². The predicted octanol–water partition coefficient (Wildman–Crippen LogP) is 1.11. The van der Waals surface area contributed by atoms with Crippen LogP contribution >= 0.6 is 0 Å². The molecule has 1 heterocycles. The molecule has 0 aliphatic carbocycles. The topological polar surface area (TPSA) is 83.7 Å². The Balaban J connectivity index is 2.23. The van der Waals surface area contributed by atoms with Crippen LogP contribution in [0, 0.1) is 17.0 Å². The number of likely N-dealkylation sites (tertiary alicyclic amines) is 1. The molecule has 96 valence electrons. The number of hydrogen-bond donors (Lipinski definition) is 1. The van der Waals surface area contributed by atoms with Crippen molar-refractivity contribution in [3.05, 3.63) is 39.4 Å². The number of carbonyl (C=O) groups excluding carboxylic acids is 1. The third kappa shape index (κ3) is 2.33. The van der Waals surface area contributed by atoms with E-state index in [1.807, 2.05) is 0 Å². The summed E-state index contributed by atoms with van der Waals surface area (Å²) in [7, 11) is 0. The first-order valence-electron chi connectivity index (χ1n) is 5.71. The lowest BCUT2D eigenvalue weighted by Gasteiger charge is -2.16. The number of aryl methyl sites for hydroxylation is 1. The molecule has 1 aromatic carbocycles. The van der Waals surface area contributed by atoms with Gasteiger partial charge < -0.3 is 10.0 Å². The monoisotopic (exact) mass is 250 g/mol. The molecular weight excluding hydrogens is 236 g/mol. The van der Waals surface area contributed by atoms with E-state index in [-0.39, 0.29) is 11.6 Å². The van der Waals surface area contributed by atoms with Gasteiger partial charge in [0.2, 0.25) is 0 Å². The highest BCUT2D eigenvalue weighted by Crippen LogP contribution is 2.20. The molecule has 1 saturated heterocycles. The lowest BCUT2D eigenvalue weighted by molar-refractivity contribution is -0.384. The first kappa shape index (κ1) is 12.5. The zero-order chi connectivity index (χ0) is 13.3. The first-order chi connectivity index (χ1) is 8.49. The number of nitro benzene ring substituents is 1. The molecule has 1 amide bonds. The molecule has 0 bridgehead atoms. The molecule has 18 heavy (non-hydrogen) atoms. The van der Waals surface area contributed by atoms with Crippen molar-refractivity contribution in [3.8, 4) is 0 Å². The molecule has 1 aromatic rings. The highest BCUT2D eigenvalue weighted by molar-refractivity contribution is 5.96. The summed E-state index contributed by atoms with van der Waals surface area (Å²) in [5.41, 5.74) is 1.01. The number of aliphatic hydroxyl groups excluding tert-OH is 1. The first-order valence-corrected chi connectivity index (χ1v) is 5.71. The number of rotatable bonds is 2. The molecule has 1 N–H and O–H groups in total. The van der Waals surface area contributed by atoms with Crippen LogP contribution in [0.15, 0.2) is 18.2 Å². The van der Waals surface area contributed by atoms with E-state index in [4.69, 9.17) is 0 Å². The third-order valence-corrected chi connectivity index (χ3v) is 3.10. The molecule has 1 unspecified atom stereocenters. The Bertz CT molecular complexity index is 501. The van der Waals surface area contributed by atoms with Gasteiger partial charge in [-0.3, -0.25) is 14.9 Å². The SMILES string of the molecule is Cc1cc([N+](=O)[O-])ccc1C(=O)N1CCC(O)C1. The fourth-order valence-electron chi connectivity index (χ4n) is 2.10. The van der Waals surface area contributed by atoms with Crippen LogP contribution in [0.3, 0.4) is 0 Å². The maximum Gasteiger partial charge on any atom is 0.269 e. The summed E-state index contributed by atoms with van der Waals surface area (Å²) in [6, 6.07) is 4.19. The Morgan fingerprint density at radius 1 is 1.56 bits per heavy atom. The summed E-state index contributed by atoms with van der Waals surface area (Å²) < 4.78 is 0. The number of hydrogen-bond acceptors (Lipinski definition) is 4. The van der Waals surface area contributed by atoms with Gasteiger partial charge in [0.1, 0.15) is 0 Å². The minimum absolute atomic E-state index is 0.0227. The number of non-ortho nitro benzene ring substituents is 1. The normalized spacial score (nSPS) is 19.0. The van der Waals surface area contributed by atoms with Gasteiger partial charge in [-0.15, -0.1) is 0 Å². The van der Waals surface area contributed by atoms with E-state index >= 15 is 0 Å². The maximum atomic E-state index is 12.1. The number of nitro groups is 1. The Kier molecular flexibility index (Phi) is 3.29. The van der Waals surface area contributed by atoms with E-state index in [9.17, 15) is 20.0 Å². The average molecular weight is 250 g/mol. The summed E-state index contributed by atoms with van der Waals surface area (Å²) in [4.78, 5) is 23.8. The van der Waals surface area contributed by atoms with Gasteiger partial charge in [0.05, 0.1) is 11.0 Å². The molecule has 0 aromatic heterocycles. The van der Waals surface area contributed by atoms with Crippen LogP contribution in [-0.2, 0) is 0 Å². The molecule has 1 aliphatic rings. The van der Waals surface area contributed by atoms with Gasteiger partial charge in [0.15, 0.2) is 0 Å². The highest BCUT2D eigenvalue weighted by atomic mass is 16.6. The van der Waals surface area contributed by atoms with Crippen molar-refractivity contribution in [2.24, 2.45) is 0 Å². The van der Waals surface area contributed by atoms with Gasteiger partial charge in [0.25, 0.3) is 11.6 Å². The highest BCUT2D eigenvalue weighted by Gasteiger charge is 2.26. The van der Waals surface area contributed by atoms with E-state index in [2.05, 4.69) is 0 Å². The summed E-state index contributed by atoms with van der Waals surface area (Å²) in [6.07, 6.45) is 0.116. The van der Waals surface area contributed by atoms with Gasteiger partial charge in [-0.25, -0.2) is 0 Å². The van der Waals surface area contributed by atoms with Crippen molar-refractivity contribution in [3.63, 3.8) is 0 Å². The van der Waals surface area contributed by atoms with Crippen LogP contribution in [-0.4, -0.2) is 40.0 Å². The van der Waals surface area contributed by atoms with Gasteiger partial charge in [-0.05, 0) is 25.0 Å². The number of aliphatic hydroxyl groups is 1. The number of amides is 1. The molecule has 1 atom stereocenters. The lowest BCUT2D eigenvalue weighted by atomic mass is 10.1. The summed E-state index contributed by atoms with van der Waals surface area (Å²) in [5, 5.41) is 20.0. The molecule has 0 spiro atoms. The Hall–Kier alpha value is -1.95. The van der Waals surface area contributed by atoms with Gasteiger partial charge in [0, 0.05) is 30.8 Å². The number of β-amino-alcohol motifs (C(OH)–C–C–N with tert-alkyl or cyclic N) is 1. The quantitative estimate of drug-likeness (QED) is 0.629. The summed E-state index contributed by atoms with van der Waals surface area (Å²) in [5.74, 6) is -0.182. The van der Waals surface area contributed by atoms with Crippen molar-refractivity contribution < 1.29 is 14.8 Å².